The zero-order valence-corrected chi connectivity index (χ0v) is 21.0. The standard InChI is InChI=1S/C27H43NO6/c1-3-5-6-7-11-18-28(27(31)34-24-12-9-8-10-13-24)19-20-33-23-16-14-22(15-17-23)21-25(26(29)30)32-4-2/h14-17,24-25H,3-13,18-21H2,1-2H3,(H,29,30). The molecule has 0 bridgehead atoms. The molecule has 1 atom stereocenters. The van der Waals surface area contributed by atoms with Crippen LogP contribution in [0.3, 0.4) is 0 Å². The number of benzene rings is 1. The third-order valence-electron chi connectivity index (χ3n) is 6.23. The van der Waals surface area contributed by atoms with Gasteiger partial charge in [-0.15, -0.1) is 0 Å². The number of hydrogen-bond donors (Lipinski definition) is 1. The van der Waals surface area contributed by atoms with Crippen LogP contribution >= 0.6 is 0 Å². The molecule has 1 aliphatic rings. The van der Waals surface area contributed by atoms with Gasteiger partial charge in [0.2, 0.25) is 0 Å². The summed E-state index contributed by atoms with van der Waals surface area (Å²) in [7, 11) is 0. The largest absolute Gasteiger partial charge is 0.492 e. The molecular formula is C27H43NO6. The average Bonchev–Trinajstić information content (AvgIpc) is 2.84. The maximum Gasteiger partial charge on any atom is 0.410 e. The van der Waals surface area contributed by atoms with Crippen molar-refractivity contribution in [3.8, 4) is 5.75 Å². The molecule has 0 aliphatic heterocycles. The predicted molar refractivity (Wildman–Crippen MR) is 132 cm³/mol. The molecule has 1 N–H and O–H groups in total. The molecule has 7 heteroatoms. The maximum atomic E-state index is 12.8. The van der Waals surface area contributed by atoms with Crippen molar-refractivity contribution in [2.45, 2.75) is 96.7 Å². The van der Waals surface area contributed by atoms with Crippen molar-refractivity contribution < 1.29 is 28.9 Å². The molecule has 2 rings (SSSR count). The Kier molecular flexibility index (Phi) is 13.5. The number of unbranched alkanes of at least 4 members (excludes halogenated alkanes) is 4. The van der Waals surface area contributed by atoms with Crippen molar-refractivity contribution in [3.63, 3.8) is 0 Å². The first-order chi connectivity index (χ1) is 16.5. The van der Waals surface area contributed by atoms with Gasteiger partial charge in [-0.1, -0.05) is 51.2 Å². The molecule has 7 nitrogen and oxygen atoms in total. The van der Waals surface area contributed by atoms with Crippen LogP contribution in [0.5, 0.6) is 5.75 Å². The van der Waals surface area contributed by atoms with Gasteiger partial charge < -0.3 is 24.2 Å². The van der Waals surface area contributed by atoms with Crippen molar-refractivity contribution in [1.82, 2.24) is 4.90 Å². The molecule has 192 valence electrons. The number of aliphatic carboxylic acids is 1. The lowest BCUT2D eigenvalue weighted by molar-refractivity contribution is -0.149. The average molecular weight is 478 g/mol. The van der Waals surface area contributed by atoms with E-state index in [9.17, 15) is 14.7 Å². The van der Waals surface area contributed by atoms with Crippen LogP contribution in [0, 0.1) is 0 Å². The number of amides is 1. The fourth-order valence-corrected chi connectivity index (χ4v) is 4.23. The third kappa shape index (κ3) is 10.8. The Hall–Kier alpha value is -2.28. The second-order valence-corrected chi connectivity index (χ2v) is 9.02. The fraction of sp³-hybridized carbons (Fsp3) is 0.704. The van der Waals surface area contributed by atoms with E-state index >= 15 is 0 Å². The summed E-state index contributed by atoms with van der Waals surface area (Å²) in [5, 5.41) is 9.25. The highest BCUT2D eigenvalue weighted by molar-refractivity contribution is 5.72. The van der Waals surface area contributed by atoms with Crippen molar-refractivity contribution in [3.05, 3.63) is 29.8 Å². The van der Waals surface area contributed by atoms with E-state index in [4.69, 9.17) is 14.2 Å². The van der Waals surface area contributed by atoms with Gasteiger partial charge in [0.15, 0.2) is 6.10 Å². The van der Waals surface area contributed by atoms with E-state index in [2.05, 4.69) is 6.92 Å². The van der Waals surface area contributed by atoms with Crippen LogP contribution in [0.25, 0.3) is 0 Å². The first-order valence-electron chi connectivity index (χ1n) is 13.0. The second kappa shape index (κ2) is 16.4. The van der Waals surface area contributed by atoms with E-state index < -0.39 is 12.1 Å². The van der Waals surface area contributed by atoms with Gasteiger partial charge in [-0.3, -0.25) is 0 Å². The minimum Gasteiger partial charge on any atom is -0.492 e. The van der Waals surface area contributed by atoms with E-state index in [0.717, 1.165) is 44.1 Å². The van der Waals surface area contributed by atoms with Gasteiger partial charge >= 0.3 is 12.1 Å². The molecule has 0 spiro atoms. The summed E-state index contributed by atoms with van der Waals surface area (Å²) in [6.07, 6.45) is 10.4. The number of rotatable bonds is 16. The number of hydrogen-bond acceptors (Lipinski definition) is 5. The molecule has 1 aromatic carbocycles. The first kappa shape index (κ1) is 28.0. The van der Waals surface area contributed by atoms with Gasteiger partial charge in [0, 0.05) is 19.6 Å². The van der Waals surface area contributed by atoms with Crippen molar-refractivity contribution in [1.29, 1.82) is 0 Å². The Morgan fingerprint density at radius 1 is 1.00 bits per heavy atom. The number of nitrogens with zero attached hydrogens (tertiary/aromatic N) is 1. The molecule has 1 fully saturated rings. The number of ether oxygens (including phenoxy) is 3. The summed E-state index contributed by atoms with van der Waals surface area (Å²) in [5.74, 6) is -0.271. The van der Waals surface area contributed by atoms with Gasteiger partial charge in [-0.25, -0.2) is 9.59 Å². The second-order valence-electron chi connectivity index (χ2n) is 9.02. The van der Waals surface area contributed by atoms with Crippen LogP contribution < -0.4 is 4.74 Å². The summed E-state index contributed by atoms with van der Waals surface area (Å²) in [6, 6.07) is 7.37. The molecule has 1 unspecified atom stereocenters. The van der Waals surface area contributed by atoms with Gasteiger partial charge in [0.25, 0.3) is 0 Å². The molecule has 1 aromatic rings. The summed E-state index contributed by atoms with van der Waals surface area (Å²) in [4.78, 5) is 25.9. The molecule has 0 saturated heterocycles. The van der Waals surface area contributed by atoms with Crippen LogP contribution in [0.1, 0.15) is 83.6 Å². The smallest absolute Gasteiger partial charge is 0.410 e. The van der Waals surface area contributed by atoms with Crippen LogP contribution in [-0.2, 0) is 20.7 Å². The van der Waals surface area contributed by atoms with Gasteiger partial charge in [-0.05, 0) is 56.7 Å². The highest BCUT2D eigenvalue weighted by atomic mass is 16.6. The maximum absolute atomic E-state index is 12.8. The Bertz CT molecular complexity index is 702. The Morgan fingerprint density at radius 2 is 1.71 bits per heavy atom. The molecule has 1 saturated carbocycles. The summed E-state index contributed by atoms with van der Waals surface area (Å²) in [5.41, 5.74) is 0.873. The molecule has 1 aliphatic carbocycles. The predicted octanol–water partition coefficient (Wildman–Crippen LogP) is 5.84. The Balaban J connectivity index is 1.83. The van der Waals surface area contributed by atoms with E-state index in [0.29, 0.717) is 38.5 Å². The molecule has 34 heavy (non-hydrogen) atoms. The zero-order valence-electron chi connectivity index (χ0n) is 21.0. The number of carbonyl (C=O) groups excluding carboxylic acids is 1. The first-order valence-corrected chi connectivity index (χ1v) is 13.0. The summed E-state index contributed by atoms with van der Waals surface area (Å²) >= 11 is 0. The molecule has 1 amide bonds. The van der Waals surface area contributed by atoms with Gasteiger partial charge in [0.1, 0.15) is 18.5 Å². The van der Waals surface area contributed by atoms with Gasteiger partial charge in [-0.2, -0.15) is 0 Å². The zero-order chi connectivity index (χ0) is 24.6. The SMILES string of the molecule is CCCCCCCN(CCOc1ccc(CC(OCC)C(=O)O)cc1)C(=O)OC1CCCCC1. The van der Waals surface area contributed by atoms with Gasteiger partial charge in [0.05, 0.1) is 6.54 Å². The lowest BCUT2D eigenvalue weighted by atomic mass is 9.98. The van der Waals surface area contributed by atoms with Crippen LogP contribution in [0.4, 0.5) is 4.79 Å². The molecule has 0 radical (unpaired) electrons. The summed E-state index contributed by atoms with van der Waals surface area (Å²) in [6.45, 7) is 5.88. The lowest BCUT2D eigenvalue weighted by Gasteiger charge is -2.27. The monoisotopic (exact) mass is 477 g/mol. The summed E-state index contributed by atoms with van der Waals surface area (Å²) < 4.78 is 17.0. The Morgan fingerprint density at radius 3 is 2.35 bits per heavy atom. The topological polar surface area (TPSA) is 85.3 Å². The quantitative estimate of drug-likeness (QED) is 0.301. The van der Waals surface area contributed by atoms with Crippen molar-refractivity contribution in [2.24, 2.45) is 0 Å². The van der Waals surface area contributed by atoms with Crippen LogP contribution in [0.2, 0.25) is 0 Å². The third-order valence-corrected chi connectivity index (χ3v) is 6.23. The van der Waals surface area contributed by atoms with Crippen molar-refractivity contribution >= 4 is 12.1 Å². The Labute approximate surface area is 204 Å². The van der Waals surface area contributed by atoms with E-state index in [1.807, 2.05) is 24.3 Å². The van der Waals surface area contributed by atoms with Crippen LogP contribution in [0.15, 0.2) is 24.3 Å². The molecule has 0 aromatic heterocycles. The van der Waals surface area contributed by atoms with E-state index in [1.54, 1.807) is 11.8 Å². The molecule has 0 heterocycles. The van der Waals surface area contributed by atoms with Crippen LogP contribution in [-0.4, -0.2) is 60.6 Å². The fourth-order valence-electron chi connectivity index (χ4n) is 4.23. The minimum absolute atomic E-state index is 0.0450. The highest BCUT2D eigenvalue weighted by Crippen LogP contribution is 2.21. The van der Waals surface area contributed by atoms with E-state index in [-0.39, 0.29) is 12.2 Å². The molecular weight excluding hydrogens is 434 g/mol. The minimum atomic E-state index is -0.961. The van der Waals surface area contributed by atoms with Crippen molar-refractivity contribution in [2.75, 3.05) is 26.3 Å². The normalized spacial score (nSPS) is 15.0. The van der Waals surface area contributed by atoms with E-state index in [1.165, 1.54) is 25.7 Å². The lowest BCUT2D eigenvalue weighted by Crippen LogP contribution is -2.38. The number of carboxylic acids is 1. The number of carboxylic acid groups (broad SMARTS) is 1. The number of carbonyl (C=O) groups is 2. The highest BCUT2D eigenvalue weighted by Gasteiger charge is 2.22.